The van der Waals surface area contributed by atoms with Gasteiger partial charge in [-0.25, -0.2) is 4.98 Å². The zero-order valence-corrected chi connectivity index (χ0v) is 16.5. The van der Waals surface area contributed by atoms with Gasteiger partial charge in [0.15, 0.2) is 18.1 Å². The largest absolute Gasteiger partial charge is 0.483 e. The van der Waals surface area contributed by atoms with Crippen LogP contribution in [0.4, 0.5) is 0 Å². The van der Waals surface area contributed by atoms with E-state index >= 15 is 0 Å². The van der Waals surface area contributed by atoms with Gasteiger partial charge in [0.1, 0.15) is 5.75 Å². The molecule has 0 aliphatic heterocycles. The van der Waals surface area contributed by atoms with E-state index in [0.29, 0.717) is 11.6 Å². The van der Waals surface area contributed by atoms with Gasteiger partial charge in [0.05, 0.1) is 26.5 Å². The molecule has 28 heavy (non-hydrogen) atoms. The number of fused-ring (bicyclic) bond motifs is 4. The summed E-state index contributed by atoms with van der Waals surface area (Å²) < 4.78 is 9.85. The van der Waals surface area contributed by atoms with Crippen LogP contribution in [0.1, 0.15) is 10.8 Å². The molecule has 9 heteroatoms. The average molecular weight is 409 g/mol. The number of aryl methyl sites for hydroxylation is 1. The first-order chi connectivity index (χ1) is 13.7. The minimum Gasteiger partial charge on any atom is -0.483 e. The van der Waals surface area contributed by atoms with E-state index in [9.17, 15) is 4.79 Å². The standard InChI is InChI=1S/C19H15N5O2S2/c1-11-21-18-14(28-11)8-13(12-5-7-27-19(12)18)26-10-17(25)20-9-16-23-22-15-4-2-3-6-24(15)16/h2-8H,9-10H2,1H3,(H,20,25). The van der Waals surface area contributed by atoms with Gasteiger partial charge in [-0.3, -0.25) is 9.20 Å². The summed E-state index contributed by atoms with van der Waals surface area (Å²) in [6.07, 6.45) is 1.87. The second-order valence-electron chi connectivity index (χ2n) is 6.23. The summed E-state index contributed by atoms with van der Waals surface area (Å²) in [7, 11) is 0. The molecule has 4 heterocycles. The fourth-order valence-corrected chi connectivity index (χ4v) is 4.92. The predicted molar refractivity (Wildman–Crippen MR) is 110 cm³/mol. The molecule has 1 N–H and O–H groups in total. The second-order valence-corrected chi connectivity index (χ2v) is 8.38. The summed E-state index contributed by atoms with van der Waals surface area (Å²) in [5.74, 6) is 1.16. The summed E-state index contributed by atoms with van der Waals surface area (Å²) in [6, 6.07) is 9.63. The van der Waals surface area contributed by atoms with Crippen LogP contribution in [-0.4, -0.2) is 32.1 Å². The number of thiophene rings is 1. The lowest BCUT2D eigenvalue weighted by Gasteiger charge is -2.08. The van der Waals surface area contributed by atoms with E-state index in [2.05, 4.69) is 20.5 Å². The Morgan fingerprint density at radius 1 is 1.29 bits per heavy atom. The number of hydrogen-bond acceptors (Lipinski definition) is 7. The summed E-state index contributed by atoms with van der Waals surface area (Å²) in [5.41, 5.74) is 1.75. The van der Waals surface area contributed by atoms with E-state index in [0.717, 1.165) is 31.0 Å². The molecule has 0 aliphatic rings. The van der Waals surface area contributed by atoms with Crippen molar-refractivity contribution >= 4 is 54.5 Å². The minimum absolute atomic E-state index is 0.0645. The highest BCUT2D eigenvalue weighted by molar-refractivity contribution is 7.21. The van der Waals surface area contributed by atoms with Gasteiger partial charge in [-0.2, -0.15) is 0 Å². The normalized spacial score (nSPS) is 11.5. The van der Waals surface area contributed by atoms with E-state index in [-0.39, 0.29) is 19.1 Å². The van der Waals surface area contributed by atoms with Crippen LogP contribution in [0, 0.1) is 6.92 Å². The Labute approximate surface area is 167 Å². The van der Waals surface area contributed by atoms with Crippen molar-refractivity contribution in [2.24, 2.45) is 0 Å². The zero-order valence-electron chi connectivity index (χ0n) is 14.9. The van der Waals surface area contributed by atoms with Crippen molar-refractivity contribution in [2.45, 2.75) is 13.5 Å². The number of benzene rings is 1. The van der Waals surface area contributed by atoms with Crippen LogP contribution >= 0.6 is 22.7 Å². The summed E-state index contributed by atoms with van der Waals surface area (Å²) in [4.78, 5) is 16.9. The van der Waals surface area contributed by atoms with Crippen molar-refractivity contribution in [2.75, 3.05) is 6.61 Å². The molecular weight excluding hydrogens is 394 g/mol. The molecule has 140 valence electrons. The number of thiazole rings is 1. The number of carbonyl (C=O) groups excluding carboxylic acids is 1. The number of carbonyl (C=O) groups is 1. The van der Waals surface area contributed by atoms with Gasteiger partial charge < -0.3 is 10.1 Å². The molecule has 0 saturated heterocycles. The van der Waals surface area contributed by atoms with Crippen LogP contribution in [0.2, 0.25) is 0 Å². The Kier molecular flexibility index (Phi) is 4.18. The predicted octanol–water partition coefficient (Wildman–Crippen LogP) is 3.56. The van der Waals surface area contributed by atoms with Crippen molar-refractivity contribution in [3.05, 3.63) is 52.7 Å². The Balaban J connectivity index is 1.30. The maximum Gasteiger partial charge on any atom is 0.258 e. The summed E-state index contributed by atoms with van der Waals surface area (Å²) >= 11 is 3.26. The molecule has 0 atom stereocenters. The van der Waals surface area contributed by atoms with E-state index in [1.807, 2.05) is 53.2 Å². The van der Waals surface area contributed by atoms with Crippen LogP contribution in [-0.2, 0) is 11.3 Å². The maximum atomic E-state index is 12.3. The molecule has 1 aromatic carbocycles. The van der Waals surface area contributed by atoms with Gasteiger partial charge in [-0.05, 0) is 30.5 Å². The number of aromatic nitrogens is 4. The lowest BCUT2D eigenvalue weighted by atomic mass is 10.2. The highest BCUT2D eigenvalue weighted by Crippen LogP contribution is 2.38. The Morgan fingerprint density at radius 3 is 3.14 bits per heavy atom. The van der Waals surface area contributed by atoms with Crippen molar-refractivity contribution in [3.8, 4) is 5.75 Å². The maximum absolute atomic E-state index is 12.3. The topological polar surface area (TPSA) is 81.4 Å². The smallest absolute Gasteiger partial charge is 0.258 e. The zero-order chi connectivity index (χ0) is 19.1. The average Bonchev–Trinajstić information content (AvgIpc) is 3.41. The van der Waals surface area contributed by atoms with Gasteiger partial charge in [0.2, 0.25) is 0 Å². The number of hydrogen-bond donors (Lipinski definition) is 1. The van der Waals surface area contributed by atoms with Crippen LogP contribution in [0.15, 0.2) is 41.9 Å². The summed E-state index contributed by atoms with van der Waals surface area (Å²) in [6.45, 7) is 2.21. The Bertz CT molecular complexity index is 1320. The van der Waals surface area contributed by atoms with Crippen LogP contribution in [0.3, 0.4) is 0 Å². The quantitative estimate of drug-likeness (QED) is 0.480. The van der Waals surface area contributed by atoms with Crippen molar-refractivity contribution < 1.29 is 9.53 Å². The highest BCUT2D eigenvalue weighted by Gasteiger charge is 2.14. The SMILES string of the molecule is Cc1nc2c(cc(OCC(=O)NCc3nnc4ccccn34)c3ccsc32)s1. The first-order valence-electron chi connectivity index (χ1n) is 8.64. The van der Waals surface area contributed by atoms with Crippen molar-refractivity contribution in [3.63, 3.8) is 0 Å². The molecule has 0 saturated carbocycles. The molecule has 5 rings (SSSR count). The van der Waals surface area contributed by atoms with E-state index in [1.165, 1.54) is 0 Å². The molecule has 4 aromatic heterocycles. The van der Waals surface area contributed by atoms with Crippen LogP contribution in [0.25, 0.3) is 25.9 Å². The van der Waals surface area contributed by atoms with Gasteiger partial charge in [-0.1, -0.05) is 6.07 Å². The van der Waals surface area contributed by atoms with Crippen LogP contribution in [0.5, 0.6) is 5.75 Å². The second kappa shape index (κ2) is 6.84. The molecular formula is C19H15N5O2S2. The number of pyridine rings is 1. The molecule has 0 aliphatic carbocycles. The van der Waals surface area contributed by atoms with E-state index in [4.69, 9.17) is 4.74 Å². The van der Waals surface area contributed by atoms with E-state index in [1.54, 1.807) is 22.7 Å². The minimum atomic E-state index is -0.211. The molecule has 0 spiro atoms. The third kappa shape index (κ3) is 2.98. The fraction of sp³-hybridized carbons (Fsp3) is 0.158. The first-order valence-corrected chi connectivity index (χ1v) is 10.3. The van der Waals surface area contributed by atoms with E-state index < -0.39 is 0 Å². The third-order valence-electron chi connectivity index (χ3n) is 4.36. The number of rotatable bonds is 5. The molecule has 7 nitrogen and oxygen atoms in total. The molecule has 0 fully saturated rings. The van der Waals surface area contributed by atoms with Gasteiger partial charge in [0.25, 0.3) is 5.91 Å². The fourth-order valence-electron chi connectivity index (χ4n) is 3.09. The molecule has 0 radical (unpaired) electrons. The number of nitrogens with zero attached hydrogens (tertiary/aromatic N) is 4. The monoisotopic (exact) mass is 409 g/mol. The van der Waals surface area contributed by atoms with Crippen molar-refractivity contribution in [1.29, 1.82) is 0 Å². The number of ether oxygens (including phenoxy) is 1. The summed E-state index contributed by atoms with van der Waals surface area (Å²) in [5, 5.41) is 15.0. The van der Waals surface area contributed by atoms with Crippen molar-refractivity contribution in [1.82, 2.24) is 24.9 Å². The number of nitrogens with one attached hydrogen (secondary N) is 1. The lowest BCUT2D eigenvalue weighted by molar-refractivity contribution is -0.123. The Morgan fingerprint density at radius 2 is 2.21 bits per heavy atom. The first kappa shape index (κ1) is 17.1. The highest BCUT2D eigenvalue weighted by atomic mass is 32.1. The van der Waals surface area contributed by atoms with Gasteiger partial charge in [-0.15, -0.1) is 32.9 Å². The molecule has 1 amide bonds. The molecule has 5 aromatic rings. The molecule has 0 unspecified atom stereocenters. The molecule has 0 bridgehead atoms. The third-order valence-corrected chi connectivity index (χ3v) is 6.19. The van der Waals surface area contributed by atoms with Gasteiger partial charge in [0, 0.05) is 17.6 Å². The van der Waals surface area contributed by atoms with Gasteiger partial charge >= 0.3 is 0 Å². The van der Waals surface area contributed by atoms with Crippen LogP contribution < -0.4 is 10.1 Å². The number of amides is 1. The Hall–Kier alpha value is -3.04. The lowest BCUT2D eigenvalue weighted by Crippen LogP contribution is -2.29.